The third kappa shape index (κ3) is 3.68. The van der Waals surface area contributed by atoms with E-state index >= 15 is 0 Å². The van der Waals surface area contributed by atoms with Gasteiger partial charge in [-0.15, -0.1) is 11.3 Å². The van der Waals surface area contributed by atoms with Gasteiger partial charge < -0.3 is 15.4 Å². The molecule has 1 amide bonds. The van der Waals surface area contributed by atoms with Crippen molar-refractivity contribution >= 4 is 45.0 Å². The largest absolute Gasteiger partial charge is 0.383 e. The van der Waals surface area contributed by atoms with Gasteiger partial charge in [0.2, 0.25) is 5.91 Å². The molecule has 0 saturated carbocycles. The Hall–Kier alpha value is -1.38. The molecule has 0 aliphatic carbocycles. The van der Waals surface area contributed by atoms with Gasteiger partial charge in [0.25, 0.3) is 0 Å². The molecule has 6 nitrogen and oxygen atoms in total. The summed E-state index contributed by atoms with van der Waals surface area (Å²) in [6, 6.07) is 0. The molecule has 26 heavy (non-hydrogen) atoms. The van der Waals surface area contributed by atoms with Crippen LogP contribution in [-0.4, -0.2) is 45.2 Å². The lowest BCUT2D eigenvalue weighted by Crippen LogP contribution is -2.33. The van der Waals surface area contributed by atoms with Crippen molar-refractivity contribution in [2.75, 3.05) is 24.6 Å². The molecule has 8 heteroatoms. The van der Waals surface area contributed by atoms with Crippen LogP contribution in [0.4, 0.5) is 5.82 Å². The maximum atomic E-state index is 12.2. The molecule has 0 radical (unpaired) electrons. The normalized spacial score (nSPS) is 19.5. The lowest BCUT2D eigenvalue weighted by Gasteiger charge is -2.33. The van der Waals surface area contributed by atoms with Crippen molar-refractivity contribution in [2.24, 2.45) is 0 Å². The summed E-state index contributed by atoms with van der Waals surface area (Å²) in [5, 5.41) is 1.53. The van der Waals surface area contributed by atoms with E-state index in [1.54, 1.807) is 11.3 Å². The van der Waals surface area contributed by atoms with Crippen LogP contribution in [0, 0.1) is 0 Å². The molecule has 0 fully saturated rings. The van der Waals surface area contributed by atoms with E-state index in [4.69, 9.17) is 10.5 Å². The van der Waals surface area contributed by atoms with Gasteiger partial charge in [-0.05, 0) is 32.8 Å². The highest BCUT2D eigenvalue weighted by Crippen LogP contribution is 2.41. The Labute approximate surface area is 162 Å². The second-order valence-corrected chi connectivity index (χ2v) is 8.73. The van der Waals surface area contributed by atoms with E-state index in [0.29, 0.717) is 36.4 Å². The number of anilines is 1. The number of aromatic nitrogens is 2. The average molecular weight is 395 g/mol. The van der Waals surface area contributed by atoms with Crippen LogP contribution in [0.1, 0.15) is 44.6 Å². The summed E-state index contributed by atoms with van der Waals surface area (Å²) in [6.45, 7) is 10.3. The molecule has 2 aromatic heterocycles. The highest BCUT2D eigenvalue weighted by molar-refractivity contribution is 7.99. The van der Waals surface area contributed by atoms with Crippen molar-refractivity contribution in [3.05, 3.63) is 10.4 Å². The predicted octanol–water partition coefficient (Wildman–Crippen LogP) is 3.48. The van der Waals surface area contributed by atoms with E-state index in [-0.39, 0.29) is 11.5 Å². The number of nitrogens with zero attached hydrogens (tertiary/aromatic N) is 3. The molecule has 2 aromatic rings. The second-order valence-electron chi connectivity index (χ2n) is 6.70. The van der Waals surface area contributed by atoms with Crippen molar-refractivity contribution in [2.45, 2.75) is 57.9 Å². The summed E-state index contributed by atoms with van der Waals surface area (Å²) >= 11 is 2.97. The van der Waals surface area contributed by atoms with Crippen molar-refractivity contribution in [3.8, 4) is 0 Å². The van der Waals surface area contributed by atoms with Crippen LogP contribution in [0.15, 0.2) is 5.16 Å². The highest BCUT2D eigenvalue weighted by Gasteiger charge is 2.33. The number of thioether (sulfide) groups is 1. The molecular formula is C18H26N4O2S2. The molecule has 3 heterocycles. The number of carbonyl (C=O) groups excluding carboxylic acids is 1. The summed E-state index contributed by atoms with van der Waals surface area (Å²) in [6.07, 6.45) is 1.78. The number of nitrogen functional groups attached to an aromatic ring is 1. The third-order valence-electron chi connectivity index (χ3n) is 5.03. The van der Waals surface area contributed by atoms with Crippen molar-refractivity contribution < 1.29 is 9.53 Å². The number of fused-ring (bicyclic) bond motifs is 3. The van der Waals surface area contributed by atoms with Crippen LogP contribution in [0.3, 0.4) is 0 Å². The summed E-state index contributed by atoms with van der Waals surface area (Å²) in [5.41, 5.74) is 7.35. The van der Waals surface area contributed by atoms with Gasteiger partial charge in [0.15, 0.2) is 5.16 Å². The van der Waals surface area contributed by atoms with Gasteiger partial charge in [0.1, 0.15) is 10.6 Å². The Morgan fingerprint density at radius 1 is 1.35 bits per heavy atom. The Bertz CT molecular complexity index is 819. The SMILES string of the molecule is CCN(CC)C(=O)CSc1nc(N)c2c3c(sc2n1)CO[C@](C)(CC)C3. The summed E-state index contributed by atoms with van der Waals surface area (Å²) in [5.74, 6) is 0.930. The summed E-state index contributed by atoms with van der Waals surface area (Å²) < 4.78 is 6.04. The fourth-order valence-electron chi connectivity index (χ4n) is 3.17. The van der Waals surface area contributed by atoms with Crippen molar-refractivity contribution in [1.29, 1.82) is 0 Å². The third-order valence-corrected chi connectivity index (χ3v) is 6.96. The smallest absolute Gasteiger partial charge is 0.233 e. The first-order valence-corrected chi connectivity index (χ1v) is 10.8. The number of carbonyl (C=O) groups is 1. The van der Waals surface area contributed by atoms with Crippen LogP contribution in [0.2, 0.25) is 0 Å². The molecule has 0 spiro atoms. The molecule has 1 atom stereocenters. The number of hydrogen-bond donors (Lipinski definition) is 1. The minimum atomic E-state index is -0.156. The van der Waals surface area contributed by atoms with E-state index in [0.717, 1.165) is 23.1 Å². The molecular weight excluding hydrogens is 368 g/mol. The van der Waals surface area contributed by atoms with Gasteiger partial charge in [-0.1, -0.05) is 18.7 Å². The second kappa shape index (κ2) is 7.70. The van der Waals surface area contributed by atoms with Gasteiger partial charge in [-0.2, -0.15) is 0 Å². The first-order valence-electron chi connectivity index (χ1n) is 9.03. The standard InChI is InChI=1S/C18H26N4O2S2/c1-5-18(4)8-11-12(9-24-18)26-16-14(11)15(19)20-17(21-16)25-10-13(23)22(6-2)7-3/h5-10H2,1-4H3,(H2,19,20,21)/t18-/m1/s1. The molecule has 1 aliphatic rings. The summed E-state index contributed by atoms with van der Waals surface area (Å²) in [4.78, 5) is 25.2. The van der Waals surface area contributed by atoms with E-state index in [1.165, 1.54) is 22.2 Å². The molecule has 1 aliphatic heterocycles. The number of hydrogen-bond acceptors (Lipinski definition) is 7. The quantitative estimate of drug-likeness (QED) is 0.597. The van der Waals surface area contributed by atoms with Gasteiger partial charge in [0.05, 0.1) is 23.3 Å². The number of nitrogens with two attached hydrogens (primary N) is 1. The van der Waals surface area contributed by atoms with Gasteiger partial charge >= 0.3 is 0 Å². The number of ether oxygens (including phenoxy) is 1. The van der Waals surface area contributed by atoms with Crippen LogP contribution >= 0.6 is 23.1 Å². The van der Waals surface area contributed by atoms with Crippen LogP contribution in [0.5, 0.6) is 0 Å². The first kappa shape index (κ1) is 19.4. The lowest BCUT2D eigenvalue weighted by atomic mass is 9.90. The topological polar surface area (TPSA) is 81.3 Å². The first-order chi connectivity index (χ1) is 12.4. The van der Waals surface area contributed by atoms with Crippen LogP contribution in [0.25, 0.3) is 10.2 Å². The van der Waals surface area contributed by atoms with Crippen molar-refractivity contribution in [3.63, 3.8) is 0 Å². The Kier molecular flexibility index (Phi) is 5.74. The van der Waals surface area contributed by atoms with E-state index in [2.05, 4.69) is 23.8 Å². The minimum absolute atomic E-state index is 0.0971. The molecule has 0 unspecified atom stereocenters. The number of rotatable bonds is 6. The minimum Gasteiger partial charge on any atom is -0.383 e. The van der Waals surface area contributed by atoms with Crippen molar-refractivity contribution in [1.82, 2.24) is 14.9 Å². The maximum absolute atomic E-state index is 12.2. The van der Waals surface area contributed by atoms with E-state index in [1.807, 2.05) is 18.7 Å². The highest BCUT2D eigenvalue weighted by atomic mass is 32.2. The lowest BCUT2D eigenvalue weighted by molar-refractivity contribution is -0.127. The Morgan fingerprint density at radius 2 is 2.08 bits per heavy atom. The number of thiophene rings is 1. The maximum Gasteiger partial charge on any atom is 0.233 e. The molecule has 142 valence electrons. The Balaban J connectivity index is 1.85. The zero-order chi connectivity index (χ0) is 18.9. The molecule has 0 bridgehead atoms. The monoisotopic (exact) mass is 394 g/mol. The van der Waals surface area contributed by atoms with Gasteiger partial charge in [-0.25, -0.2) is 9.97 Å². The summed E-state index contributed by atoms with van der Waals surface area (Å²) in [7, 11) is 0. The fourth-order valence-corrected chi connectivity index (χ4v) is 5.09. The number of amides is 1. The molecule has 0 aromatic carbocycles. The van der Waals surface area contributed by atoms with Gasteiger partial charge in [-0.3, -0.25) is 4.79 Å². The fraction of sp³-hybridized carbons (Fsp3) is 0.611. The average Bonchev–Trinajstić information content (AvgIpc) is 2.98. The van der Waals surface area contributed by atoms with Crippen LogP contribution < -0.4 is 5.73 Å². The molecule has 0 saturated heterocycles. The van der Waals surface area contributed by atoms with E-state index in [9.17, 15) is 4.79 Å². The predicted molar refractivity (Wildman–Crippen MR) is 108 cm³/mol. The van der Waals surface area contributed by atoms with Crippen LogP contribution in [-0.2, 0) is 22.6 Å². The zero-order valence-electron chi connectivity index (χ0n) is 15.8. The molecule has 3 rings (SSSR count). The zero-order valence-corrected chi connectivity index (χ0v) is 17.4. The molecule has 2 N–H and O–H groups in total. The van der Waals surface area contributed by atoms with E-state index < -0.39 is 0 Å². The van der Waals surface area contributed by atoms with Gasteiger partial charge in [0, 0.05) is 24.4 Å². The Morgan fingerprint density at radius 3 is 2.73 bits per heavy atom.